The van der Waals surface area contributed by atoms with E-state index in [9.17, 15) is 5.26 Å². The molecule has 164 valence electrons. The minimum atomic E-state index is 0.379. The van der Waals surface area contributed by atoms with Crippen LogP contribution in [0.1, 0.15) is 12.1 Å². The summed E-state index contributed by atoms with van der Waals surface area (Å²) in [5, 5.41) is 12.8. The van der Waals surface area contributed by atoms with Crippen LogP contribution in [0.5, 0.6) is 0 Å². The second-order valence-corrected chi connectivity index (χ2v) is 8.15. The van der Waals surface area contributed by atoms with Crippen molar-refractivity contribution in [3.05, 3.63) is 36.0 Å². The summed E-state index contributed by atoms with van der Waals surface area (Å²) in [6, 6.07) is 12.2. The quantitative estimate of drug-likeness (QED) is 0.679. The van der Waals surface area contributed by atoms with Gasteiger partial charge >= 0.3 is 0 Å². The van der Waals surface area contributed by atoms with Crippen molar-refractivity contribution in [3.63, 3.8) is 0 Å². The maximum Gasteiger partial charge on any atom is 0.162 e. The van der Waals surface area contributed by atoms with Crippen molar-refractivity contribution >= 4 is 11.5 Å². The molecule has 31 heavy (non-hydrogen) atoms. The Labute approximate surface area is 184 Å². The number of likely N-dealkylation sites (N-methyl/N-ethyl adjacent to an activating group) is 1. The van der Waals surface area contributed by atoms with Crippen LogP contribution in [0, 0.1) is 11.3 Å². The first-order valence-corrected chi connectivity index (χ1v) is 11.1. The summed E-state index contributed by atoms with van der Waals surface area (Å²) in [5.41, 5.74) is 2.52. The molecule has 0 spiro atoms. The van der Waals surface area contributed by atoms with Gasteiger partial charge in [0.15, 0.2) is 5.82 Å². The molecule has 8 nitrogen and oxygen atoms in total. The fourth-order valence-electron chi connectivity index (χ4n) is 3.95. The van der Waals surface area contributed by atoms with Crippen LogP contribution in [0.25, 0.3) is 11.4 Å². The summed E-state index contributed by atoms with van der Waals surface area (Å²) in [6.45, 7) is 9.72. The number of ether oxygens (including phenoxy) is 1. The standard InChI is InChI=1S/C23H31N7O/c1-28-9-11-30(12-10-28)21-5-3-19(4-6-21)23-26-20(18-24)17-22(27-23)25-7-2-8-29-13-15-31-16-14-29/h3-6,17H,2,7-16H2,1H3,(H,25,26,27). The fraction of sp³-hybridized carbons (Fsp3) is 0.522. The van der Waals surface area contributed by atoms with Crippen molar-refractivity contribution in [3.8, 4) is 17.5 Å². The van der Waals surface area contributed by atoms with Gasteiger partial charge in [0.25, 0.3) is 0 Å². The van der Waals surface area contributed by atoms with Crippen molar-refractivity contribution in [2.75, 3.05) is 82.8 Å². The lowest BCUT2D eigenvalue weighted by molar-refractivity contribution is 0.0378. The first kappa shape index (κ1) is 21.5. The van der Waals surface area contributed by atoms with Crippen molar-refractivity contribution in [2.24, 2.45) is 0 Å². The highest BCUT2D eigenvalue weighted by Gasteiger charge is 2.15. The average Bonchev–Trinajstić information content (AvgIpc) is 2.83. The van der Waals surface area contributed by atoms with Crippen molar-refractivity contribution < 1.29 is 4.74 Å². The van der Waals surface area contributed by atoms with E-state index >= 15 is 0 Å². The van der Waals surface area contributed by atoms with Crippen LogP contribution >= 0.6 is 0 Å². The number of nitrogens with zero attached hydrogens (tertiary/aromatic N) is 6. The Morgan fingerprint density at radius 3 is 2.48 bits per heavy atom. The molecule has 0 bridgehead atoms. The van der Waals surface area contributed by atoms with E-state index < -0.39 is 0 Å². The number of morpholine rings is 1. The Morgan fingerprint density at radius 2 is 1.77 bits per heavy atom. The van der Waals surface area contributed by atoms with E-state index in [4.69, 9.17) is 4.74 Å². The molecule has 4 rings (SSSR count). The van der Waals surface area contributed by atoms with Crippen molar-refractivity contribution in [1.82, 2.24) is 19.8 Å². The molecular weight excluding hydrogens is 390 g/mol. The van der Waals surface area contributed by atoms with E-state index in [-0.39, 0.29) is 0 Å². The summed E-state index contributed by atoms with van der Waals surface area (Å²) in [4.78, 5) is 16.2. The lowest BCUT2D eigenvalue weighted by Crippen LogP contribution is -2.44. The summed E-state index contributed by atoms with van der Waals surface area (Å²) in [7, 11) is 2.16. The van der Waals surface area contributed by atoms with Crippen LogP contribution in [0.2, 0.25) is 0 Å². The molecule has 1 aromatic heterocycles. The number of hydrogen-bond donors (Lipinski definition) is 1. The molecule has 2 aliphatic heterocycles. The fourth-order valence-corrected chi connectivity index (χ4v) is 3.95. The second-order valence-electron chi connectivity index (χ2n) is 8.15. The number of aromatic nitrogens is 2. The number of nitriles is 1. The number of rotatable bonds is 7. The molecule has 0 radical (unpaired) electrons. The second kappa shape index (κ2) is 10.5. The highest BCUT2D eigenvalue weighted by atomic mass is 16.5. The molecule has 0 amide bonds. The van der Waals surface area contributed by atoms with E-state index in [1.165, 1.54) is 5.69 Å². The van der Waals surface area contributed by atoms with E-state index in [1.54, 1.807) is 6.07 Å². The molecule has 8 heteroatoms. The first-order chi connectivity index (χ1) is 15.2. The number of anilines is 2. The molecule has 2 aliphatic rings. The van der Waals surface area contributed by atoms with Crippen LogP contribution in [0.15, 0.2) is 30.3 Å². The van der Waals surface area contributed by atoms with Crippen LogP contribution in [0.3, 0.4) is 0 Å². The smallest absolute Gasteiger partial charge is 0.162 e. The molecule has 2 saturated heterocycles. The monoisotopic (exact) mass is 421 g/mol. The van der Waals surface area contributed by atoms with E-state index in [2.05, 4.69) is 55.2 Å². The Bertz CT molecular complexity index is 882. The van der Waals surface area contributed by atoms with Gasteiger partial charge < -0.3 is 19.9 Å². The molecule has 2 aromatic rings. The Kier molecular flexibility index (Phi) is 7.30. The van der Waals surface area contributed by atoms with E-state index in [0.29, 0.717) is 17.3 Å². The van der Waals surface area contributed by atoms with Gasteiger partial charge in [0.05, 0.1) is 13.2 Å². The maximum absolute atomic E-state index is 9.41. The van der Waals surface area contributed by atoms with Gasteiger partial charge in [-0.1, -0.05) is 0 Å². The third kappa shape index (κ3) is 5.91. The van der Waals surface area contributed by atoms with Crippen LogP contribution < -0.4 is 10.2 Å². The number of benzene rings is 1. The SMILES string of the molecule is CN1CCN(c2ccc(-c3nc(C#N)cc(NCCCN4CCOCC4)n3)cc2)CC1. The number of hydrogen-bond acceptors (Lipinski definition) is 8. The predicted molar refractivity (Wildman–Crippen MR) is 122 cm³/mol. The summed E-state index contributed by atoms with van der Waals surface area (Å²) < 4.78 is 5.39. The van der Waals surface area contributed by atoms with Gasteiger partial charge in [-0.2, -0.15) is 5.26 Å². The molecule has 2 fully saturated rings. The average molecular weight is 422 g/mol. The summed E-state index contributed by atoms with van der Waals surface area (Å²) >= 11 is 0. The predicted octanol–water partition coefficient (Wildman–Crippen LogP) is 1.90. The minimum Gasteiger partial charge on any atom is -0.379 e. The van der Waals surface area contributed by atoms with Crippen LogP contribution in [0.4, 0.5) is 11.5 Å². The van der Waals surface area contributed by atoms with Crippen LogP contribution in [-0.2, 0) is 4.74 Å². The molecule has 1 N–H and O–H groups in total. The normalized spacial score (nSPS) is 18.0. The lowest BCUT2D eigenvalue weighted by Gasteiger charge is -2.34. The molecule has 0 unspecified atom stereocenters. The molecular formula is C23H31N7O. The zero-order valence-corrected chi connectivity index (χ0v) is 18.3. The van der Waals surface area contributed by atoms with Gasteiger partial charge in [-0.25, -0.2) is 9.97 Å². The van der Waals surface area contributed by atoms with E-state index in [0.717, 1.165) is 77.6 Å². The van der Waals surface area contributed by atoms with Gasteiger partial charge in [-0.15, -0.1) is 0 Å². The number of nitrogens with one attached hydrogen (secondary N) is 1. The van der Waals surface area contributed by atoms with E-state index in [1.807, 2.05) is 12.1 Å². The van der Waals surface area contributed by atoms with Gasteiger partial charge in [0.1, 0.15) is 17.6 Å². The zero-order chi connectivity index (χ0) is 21.5. The molecule has 0 saturated carbocycles. The lowest BCUT2D eigenvalue weighted by atomic mass is 10.1. The van der Waals surface area contributed by atoms with Gasteiger partial charge in [0, 0.05) is 63.1 Å². The molecule has 0 atom stereocenters. The summed E-state index contributed by atoms with van der Waals surface area (Å²) in [5.74, 6) is 1.28. The molecule has 3 heterocycles. The van der Waals surface area contributed by atoms with Gasteiger partial charge in [-0.3, -0.25) is 4.90 Å². The van der Waals surface area contributed by atoms with Crippen LogP contribution in [-0.4, -0.2) is 92.4 Å². The Hall–Kier alpha value is -2.73. The highest BCUT2D eigenvalue weighted by Crippen LogP contribution is 2.23. The molecule has 0 aliphatic carbocycles. The van der Waals surface area contributed by atoms with Crippen molar-refractivity contribution in [1.29, 1.82) is 5.26 Å². The Balaban J connectivity index is 1.38. The Morgan fingerprint density at radius 1 is 1.03 bits per heavy atom. The maximum atomic E-state index is 9.41. The third-order valence-corrected chi connectivity index (χ3v) is 5.90. The van der Waals surface area contributed by atoms with Crippen molar-refractivity contribution in [2.45, 2.75) is 6.42 Å². The number of piperazine rings is 1. The van der Waals surface area contributed by atoms with Gasteiger partial charge in [-0.05, 0) is 44.3 Å². The summed E-state index contributed by atoms with van der Waals surface area (Å²) in [6.07, 6.45) is 1.01. The molecule has 1 aromatic carbocycles. The zero-order valence-electron chi connectivity index (χ0n) is 18.3. The van der Waals surface area contributed by atoms with Gasteiger partial charge in [0.2, 0.25) is 0 Å². The topological polar surface area (TPSA) is 80.5 Å². The highest BCUT2D eigenvalue weighted by molar-refractivity contribution is 5.62. The largest absolute Gasteiger partial charge is 0.379 e. The minimum absolute atomic E-state index is 0.379. The third-order valence-electron chi connectivity index (χ3n) is 5.90. The first-order valence-electron chi connectivity index (χ1n) is 11.1.